The predicted molar refractivity (Wildman–Crippen MR) is 49.0 cm³/mol. The van der Waals surface area contributed by atoms with Crippen LogP contribution in [0.1, 0.15) is 26.2 Å². The van der Waals surface area contributed by atoms with Gasteiger partial charge >= 0.3 is 0 Å². The molecule has 56 valence electrons. The number of halogens is 1. The van der Waals surface area contributed by atoms with Crippen molar-refractivity contribution in [3.05, 3.63) is 0 Å². The predicted octanol–water partition coefficient (Wildman–Crippen LogP) is 2.22. The Morgan fingerprint density at radius 3 is 2.56 bits per heavy atom. The number of hydrogen-bond acceptors (Lipinski definition) is 1. The molecule has 0 aliphatic carbocycles. The van der Waals surface area contributed by atoms with Crippen molar-refractivity contribution in [2.45, 2.75) is 26.2 Å². The van der Waals surface area contributed by atoms with Gasteiger partial charge in [0.15, 0.2) is 0 Å². The molecule has 0 heterocycles. The van der Waals surface area contributed by atoms with Crippen LogP contribution in [0.15, 0.2) is 0 Å². The van der Waals surface area contributed by atoms with Gasteiger partial charge in [-0.3, -0.25) is 0 Å². The van der Waals surface area contributed by atoms with E-state index in [1.807, 2.05) is 0 Å². The van der Waals surface area contributed by atoms with Crippen LogP contribution in [0.2, 0.25) is 0 Å². The Hall–Kier alpha value is 0.690. The largest absolute Gasteiger partial charge is 0.396 e. The van der Waals surface area contributed by atoms with Crippen LogP contribution < -0.4 is 0 Å². The van der Waals surface area contributed by atoms with E-state index in [4.69, 9.17) is 5.11 Å². The molecule has 0 radical (unpaired) electrons. The summed E-state index contributed by atoms with van der Waals surface area (Å²) in [5, 5.41) is 8.48. The molecule has 0 spiro atoms. The van der Waals surface area contributed by atoms with E-state index >= 15 is 0 Å². The molecule has 9 heavy (non-hydrogen) atoms. The van der Waals surface area contributed by atoms with Crippen molar-refractivity contribution in [2.24, 2.45) is 5.92 Å². The van der Waals surface area contributed by atoms with Gasteiger partial charge in [-0.1, -0.05) is 29.5 Å². The molecule has 1 unspecified atom stereocenters. The van der Waals surface area contributed by atoms with Crippen molar-refractivity contribution >= 4 is 22.6 Å². The van der Waals surface area contributed by atoms with Crippen molar-refractivity contribution in [2.75, 3.05) is 11.0 Å². The normalized spacial score (nSPS) is 13.7. The van der Waals surface area contributed by atoms with Gasteiger partial charge in [-0.15, -0.1) is 0 Å². The zero-order valence-electron chi connectivity index (χ0n) is 5.94. The van der Waals surface area contributed by atoms with E-state index in [-0.39, 0.29) is 0 Å². The van der Waals surface area contributed by atoms with Gasteiger partial charge in [-0.05, 0) is 29.6 Å². The van der Waals surface area contributed by atoms with Crippen LogP contribution in [0.4, 0.5) is 0 Å². The molecule has 1 atom stereocenters. The molecule has 0 aromatic rings. The van der Waals surface area contributed by atoms with Crippen LogP contribution in [0.5, 0.6) is 0 Å². The molecule has 0 aliphatic rings. The molecule has 0 saturated carbocycles. The first kappa shape index (κ1) is 9.69. The smallest absolute Gasteiger partial charge is 0.0431 e. The van der Waals surface area contributed by atoms with E-state index in [1.165, 1.54) is 17.3 Å². The van der Waals surface area contributed by atoms with Gasteiger partial charge in [0, 0.05) is 6.61 Å². The zero-order chi connectivity index (χ0) is 7.11. The van der Waals surface area contributed by atoms with Gasteiger partial charge in [-0.25, -0.2) is 0 Å². The number of aliphatic hydroxyl groups excluding tert-OH is 1. The first-order valence-corrected chi connectivity index (χ1v) is 5.00. The Balaban J connectivity index is 2.95. The van der Waals surface area contributed by atoms with Crippen LogP contribution in [0.3, 0.4) is 0 Å². The van der Waals surface area contributed by atoms with Gasteiger partial charge in [0.1, 0.15) is 0 Å². The molecular formula is C7H15IO. The summed E-state index contributed by atoms with van der Waals surface area (Å²) in [5.41, 5.74) is 0. The Kier molecular flexibility index (Phi) is 7.33. The third kappa shape index (κ3) is 6.58. The summed E-state index contributed by atoms with van der Waals surface area (Å²) in [5.74, 6) is 0.800. The van der Waals surface area contributed by atoms with Gasteiger partial charge in [0.25, 0.3) is 0 Å². The summed E-state index contributed by atoms with van der Waals surface area (Å²) in [6.07, 6.45) is 3.44. The standard InChI is InChI=1S/C7H15IO/c1-7(4-5-8)3-2-6-9/h7,9H,2-6H2,1H3. The van der Waals surface area contributed by atoms with Crippen LogP contribution in [-0.4, -0.2) is 16.1 Å². The van der Waals surface area contributed by atoms with E-state index in [9.17, 15) is 0 Å². The van der Waals surface area contributed by atoms with Crippen molar-refractivity contribution in [3.63, 3.8) is 0 Å². The Morgan fingerprint density at radius 2 is 2.11 bits per heavy atom. The highest BCUT2D eigenvalue weighted by Crippen LogP contribution is 2.10. The average Bonchev–Trinajstić information content (AvgIpc) is 1.85. The molecule has 2 heteroatoms. The minimum Gasteiger partial charge on any atom is -0.396 e. The summed E-state index contributed by atoms with van der Waals surface area (Å²) in [7, 11) is 0. The first-order chi connectivity index (χ1) is 4.31. The summed E-state index contributed by atoms with van der Waals surface area (Å²) < 4.78 is 1.24. The van der Waals surface area contributed by atoms with Crippen LogP contribution in [-0.2, 0) is 0 Å². The second-order valence-corrected chi connectivity index (χ2v) is 3.53. The van der Waals surface area contributed by atoms with Crippen LogP contribution >= 0.6 is 22.6 Å². The molecule has 1 N–H and O–H groups in total. The van der Waals surface area contributed by atoms with E-state index in [0.29, 0.717) is 6.61 Å². The molecule has 0 amide bonds. The maximum absolute atomic E-state index is 8.48. The SMILES string of the molecule is CC(CCI)CCCO. The number of alkyl halides is 1. The lowest BCUT2D eigenvalue weighted by molar-refractivity contribution is 0.273. The second kappa shape index (κ2) is 6.81. The Morgan fingerprint density at radius 1 is 1.44 bits per heavy atom. The lowest BCUT2D eigenvalue weighted by atomic mass is 10.0. The summed E-state index contributed by atoms with van der Waals surface area (Å²) in [6.45, 7) is 2.60. The average molecular weight is 242 g/mol. The van der Waals surface area contributed by atoms with E-state index < -0.39 is 0 Å². The van der Waals surface area contributed by atoms with Crippen LogP contribution in [0, 0.1) is 5.92 Å². The maximum atomic E-state index is 8.48. The summed E-state index contributed by atoms with van der Waals surface area (Å²) >= 11 is 2.39. The highest BCUT2D eigenvalue weighted by Gasteiger charge is 1.98. The third-order valence-corrected chi connectivity index (χ3v) is 2.08. The van der Waals surface area contributed by atoms with Crippen molar-refractivity contribution in [1.29, 1.82) is 0 Å². The molecule has 0 saturated heterocycles. The molecule has 0 aromatic carbocycles. The minimum absolute atomic E-state index is 0.353. The fourth-order valence-corrected chi connectivity index (χ4v) is 1.83. The fraction of sp³-hybridized carbons (Fsp3) is 1.00. The lowest BCUT2D eigenvalue weighted by Gasteiger charge is -2.06. The Labute approximate surface area is 71.0 Å². The molecule has 0 aliphatic heterocycles. The lowest BCUT2D eigenvalue weighted by Crippen LogP contribution is -1.96. The van der Waals surface area contributed by atoms with Crippen molar-refractivity contribution < 1.29 is 5.11 Å². The number of aliphatic hydroxyl groups is 1. The highest BCUT2D eigenvalue weighted by molar-refractivity contribution is 14.1. The molecule has 1 nitrogen and oxygen atoms in total. The monoisotopic (exact) mass is 242 g/mol. The quantitative estimate of drug-likeness (QED) is 0.579. The molecular weight excluding hydrogens is 227 g/mol. The summed E-state index contributed by atoms with van der Waals surface area (Å²) in [6, 6.07) is 0. The van der Waals surface area contributed by atoms with E-state index in [2.05, 4.69) is 29.5 Å². The number of rotatable bonds is 5. The van der Waals surface area contributed by atoms with Crippen LogP contribution in [0.25, 0.3) is 0 Å². The van der Waals surface area contributed by atoms with Crippen molar-refractivity contribution in [3.8, 4) is 0 Å². The van der Waals surface area contributed by atoms with Crippen molar-refractivity contribution in [1.82, 2.24) is 0 Å². The Bertz CT molecular complexity index is 56.9. The molecule has 0 fully saturated rings. The highest BCUT2D eigenvalue weighted by atomic mass is 127. The fourth-order valence-electron chi connectivity index (χ4n) is 0.770. The minimum atomic E-state index is 0.353. The van der Waals surface area contributed by atoms with Gasteiger partial charge < -0.3 is 5.11 Å². The molecule has 0 bridgehead atoms. The second-order valence-electron chi connectivity index (χ2n) is 2.45. The van der Waals surface area contributed by atoms with Gasteiger partial charge in [0.05, 0.1) is 0 Å². The zero-order valence-corrected chi connectivity index (χ0v) is 8.10. The van der Waals surface area contributed by atoms with Gasteiger partial charge in [0.2, 0.25) is 0 Å². The summed E-state index contributed by atoms with van der Waals surface area (Å²) in [4.78, 5) is 0. The first-order valence-electron chi connectivity index (χ1n) is 3.48. The topological polar surface area (TPSA) is 20.2 Å². The third-order valence-electron chi connectivity index (χ3n) is 1.46. The molecule has 0 aromatic heterocycles. The van der Waals surface area contributed by atoms with E-state index in [1.54, 1.807) is 0 Å². The van der Waals surface area contributed by atoms with E-state index in [0.717, 1.165) is 12.3 Å². The molecule has 0 rings (SSSR count). The maximum Gasteiger partial charge on any atom is 0.0431 e. The van der Waals surface area contributed by atoms with Gasteiger partial charge in [-0.2, -0.15) is 0 Å². The number of hydrogen-bond donors (Lipinski definition) is 1.